The number of aromatic nitrogens is 1. The summed E-state index contributed by atoms with van der Waals surface area (Å²) >= 11 is 0. The van der Waals surface area contributed by atoms with Crippen molar-refractivity contribution in [3.63, 3.8) is 0 Å². The van der Waals surface area contributed by atoms with Crippen molar-refractivity contribution in [3.05, 3.63) is 59.3 Å². The molecule has 2 aromatic rings. The molecule has 0 saturated carbocycles. The van der Waals surface area contributed by atoms with Crippen molar-refractivity contribution in [2.45, 2.75) is 19.0 Å². The van der Waals surface area contributed by atoms with Crippen molar-refractivity contribution in [3.8, 4) is 0 Å². The van der Waals surface area contributed by atoms with Crippen LogP contribution in [0.2, 0.25) is 0 Å². The van der Waals surface area contributed by atoms with E-state index in [0.717, 1.165) is 24.4 Å². The molecule has 0 aliphatic carbocycles. The van der Waals surface area contributed by atoms with E-state index in [9.17, 15) is 31.5 Å². The van der Waals surface area contributed by atoms with Gasteiger partial charge in [-0.1, -0.05) is 0 Å². The molecule has 2 amide bonds. The number of piperidine rings is 1. The molecule has 3 heterocycles. The van der Waals surface area contributed by atoms with Gasteiger partial charge < -0.3 is 14.7 Å². The third kappa shape index (κ3) is 5.13. The molecule has 0 unspecified atom stereocenters. The molecule has 2 aliphatic heterocycles. The van der Waals surface area contributed by atoms with E-state index in [1.807, 2.05) is 4.90 Å². The molecule has 0 bridgehead atoms. The minimum atomic E-state index is -4.44. The Bertz CT molecular complexity index is 1040. The number of alkyl halides is 3. The fraction of sp³-hybridized carbons (Fsp3) is 0.435. The molecular formula is C23H23F5N4O2. The maximum Gasteiger partial charge on any atom is 0.417 e. The fourth-order valence-corrected chi connectivity index (χ4v) is 4.32. The quantitative estimate of drug-likeness (QED) is 0.628. The zero-order valence-electron chi connectivity index (χ0n) is 18.2. The summed E-state index contributed by atoms with van der Waals surface area (Å²) < 4.78 is 65.2. The summed E-state index contributed by atoms with van der Waals surface area (Å²) in [6, 6.07) is 5.15. The van der Waals surface area contributed by atoms with Crippen LogP contribution in [-0.4, -0.2) is 65.9 Å². The Kier molecular flexibility index (Phi) is 6.72. The lowest BCUT2D eigenvalue weighted by Gasteiger charge is -2.39. The third-order valence-electron chi connectivity index (χ3n) is 6.28. The standard InChI is InChI=1S/C23H23F5N4O2/c24-17-2-3-18(19(25)13-17)22(34)31-7-5-15(6-8-31)21(33)32-11-9-30(10-12-32)20-4-1-16(14-29-20)23(26,27)28/h1-4,13-15H,5-12H2. The molecule has 0 radical (unpaired) electrons. The van der Waals surface area contributed by atoms with Crippen LogP contribution >= 0.6 is 0 Å². The highest BCUT2D eigenvalue weighted by Crippen LogP contribution is 2.30. The Hall–Kier alpha value is -3.24. The number of carbonyl (C=O) groups excluding carboxylic acids is 2. The minimum absolute atomic E-state index is 0.0277. The molecule has 0 atom stereocenters. The van der Waals surface area contributed by atoms with Crippen molar-refractivity contribution in [2.75, 3.05) is 44.2 Å². The lowest BCUT2D eigenvalue weighted by Crippen LogP contribution is -2.52. The van der Waals surface area contributed by atoms with Crippen molar-refractivity contribution >= 4 is 17.6 Å². The first-order chi connectivity index (χ1) is 16.1. The van der Waals surface area contributed by atoms with Crippen molar-refractivity contribution in [1.82, 2.24) is 14.8 Å². The Labute approximate surface area is 193 Å². The van der Waals surface area contributed by atoms with Crippen LogP contribution in [0.5, 0.6) is 0 Å². The molecule has 4 rings (SSSR count). The van der Waals surface area contributed by atoms with E-state index in [0.29, 0.717) is 64.0 Å². The summed E-state index contributed by atoms with van der Waals surface area (Å²) in [5, 5.41) is 0. The van der Waals surface area contributed by atoms with Crippen LogP contribution in [0.3, 0.4) is 0 Å². The van der Waals surface area contributed by atoms with Gasteiger partial charge in [0, 0.05) is 57.4 Å². The lowest BCUT2D eigenvalue weighted by molar-refractivity contribution is -0.138. The summed E-state index contributed by atoms with van der Waals surface area (Å²) in [7, 11) is 0. The molecule has 0 N–H and O–H groups in total. The maximum atomic E-state index is 13.9. The van der Waals surface area contributed by atoms with Gasteiger partial charge in [0.25, 0.3) is 5.91 Å². The molecule has 0 spiro atoms. The van der Waals surface area contributed by atoms with Crippen LogP contribution in [0.15, 0.2) is 36.5 Å². The number of halogens is 5. The molecule has 2 aliphatic rings. The number of benzene rings is 1. The number of amides is 2. The SMILES string of the molecule is O=C(c1ccc(F)cc1F)N1CCC(C(=O)N2CCN(c3ccc(C(F)(F)F)cn3)CC2)CC1. The summed E-state index contributed by atoms with van der Waals surface area (Å²) in [6.07, 6.45) is -2.76. The molecule has 11 heteroatoms. The Morgan fingerprint density at radius 3 is 2.12 bits per heavy atom. The van der Waals surface area contributed by atoms with E-state index in [1.54, 1.807) is 4.90 Å². The first-order valence-corrected chi connectivity index (χ1v) is 10.9. The number of likely N-dealkylation sites (tertiary alicyclic amines) is 1. The number of nitrogens with zero attached hydrogens (tertiary/aromatic N) is 4. The van der Waals surface area contributed by atoms with Crippen molar-refractivity contribution < 1.29 is 31.5 Å². The third-order valence-corrected chi connectivity index (χ3v) is 6.28. The van der Waals surface area contributed by atoms with E-state index < -0.39 is 29.3 Å². The predicted octanol–water partition coefficient (Wildman–Crippen LogP) is 3.58. The van der Waals surface area contributed by atoms with Gasteiger partial charge >= 0.3 is 6.18 Å². The summed E-state index contributed by atoms with van der Waals surface area (Å²) in [4.78, 5) is 34.4. The summed E-state index contributed by atoms with van der Waals surface area (Å²) in [5.74, 6) is -2.06. The van der Waals surface area contributed by atoms with Crippen LogP contribution in [-0.2, 0) is 11.0 Å². The molecule has 6 nitrogen and oxygen atoms in total. The van der Waals surface area contributed by atoms with Crippen LogP contribution in [0, 0.1) is 17.6 Å². The maximum absolute atomic E-state index is 13.9. The highest BCUT2D eigenvalue weighted by Gasteiger charge is 2.33. The number of hydrogen-bond donors (Lipinski definition) is 0. The number of pyridine rings is 1. The van der Waals surface area contributed by atoms with Gasteiger partial charge in [-0.3, -0.25) is 9.59 Å². The predicted molar refractivity (Wildman–Crippen MR) is 113 cm³/mol. The van der Waals surface area contributed by atoms with E-state index >= 15 is 0 Å². The second-order valence-electron chi connectivity index (χ2n) is 8.41. The molecule has 2 fully saturated rings. The molecule has 2 saturated heterocycles. The number of rotatable bonds is 3. The van der Waals surface area contributed by atoms with E-state index in [1.165, 1.54) is 11.0 Å². The van der Waals surface area contributed by atoms with Gasteiger partial charge in [-0.2, -0.15) is 13.2 Å². The van der Waals surface area contributed by atoms with Crippen molar-refractivity contribution in [2.24, 2.45) is 5.92 Å². The molecule has 34 heavy (non-hydrogen) atoms. The number of carbonyl (C=O) groups is 2. The second kappa shape index (κ2) is 9.55. The first kappa shape index (κ1) is 23.9. The van der Waals surface area contributed by atoms with E-state index in [2.05, 4.69) is 4.98 Å². The number of piperazine rings is 1. The van der Waals surface area contributed by atoms with Gasteiger partial charge in [-0.15, -0.1) is 0 Å². The van der Waals surface area contributed by atoms with Crippen molar-refractivity contribution in [1.29, 1.82) is 0 Å². The monoisotopic (exact) mass is 482 g/mol. The zero-order valence-corrected chi connectivity index (χ0v) is 18.2. The molecular weight excluding hydrogens is 459 g/mol. The zero-order chi connectivity index (χ0) is 24.5. The van der Waals surface area contributed by atoms with E-state index in [-0.39, 0.29) is 17.4 Å². The highest BCUT2D eigenvalue weighted by atomic mass is 19.4. The lowest BCUT2D eigenvalue weighted by atomic mass is 9.94. The first-order valence-electron chi connectivity index (χ1n) is 10.9. The fourth-order valence-electron chi connectivity index (χ4n) is 4.32. The van der Waals surface area contributed by atoms with Crippen LogP contribution < -0.4 is 4.90 Å². The van der Waals surface area contributed by atoms with Gasteiger partial charge in [-0.05, 0) is 37.1 Å². The molecule has 1 aromatic heterocycles. The van der Waals surface area contributed by atoms with Gasteiger partial charge in [0.05, 0.1) is 11.1 Å². The van der Waals surface area contributed by atoms with Crippen LogP contribution in [0.1, 0.15) is 28.8 Å². The van der Waals surface area contributed by atoms with E-state index in [4.69, 9.17) is 0 Å². The average molecular weight is 482 g/mol. The average Bonchev–Trinajstić information content (AvgIpc) is 2.83. The van der Waals surface area contributed by atoms with Crippen LogP contribution in [0.25, 0.3) is 0 Å². The summed E-state index contributed by atoms with van der Waals surface area (Å²) in [6.45, 7) is 2.32. The Morgan fingerprint density at radius 1 is 0.882 bits per heavy atom. The Morgan fingerprint density at radius 2 is 1.56 bits per heavy atom. The minimum Gasteiger partial charge on any atom is -0.353 e. The molecule has 182 valence electrons. The highest BCUT2D eigenvalue weighted by molar-refractivity contribution is 5.94. The normalized spacial score (nSPS) is 17.7. The van der Waals surface area contributed by atoms with Gasteiger partial charge in [-0.25, -0.2) is 13.8 Å². The second-order valence-corrected chi connectivity index (χ2v) is 8.41. The van der Waals surface area contributed by atoms with Gasteiger partial charge in [0.2, 0.25) is 5.91 Å². The van der Waals surface area contributed by atoms with Crippen LogP contribution in [0.4, 0.5) is 27.8 Å². The largest absolute Gasteiger partial charge is 0.417 e. The number of hydrogen-bond acceptors (Lipinski definition) is 4. The smallest absolute Gasteiger partial charge is 0.353 e. The number of anilines is 1. The Balaban J connectivity index is 1.28. The topological polar surface area (TPSA) is 56.8 Å². The molecule has 1 aromatic carbocycles. The van der Waals surface area contributed by atoms with Gasteiger partial charge in [0.15, 0.2) is 0 Å². The summed E-state index contributed by atoms with van der Waals surface area (Å²) in [5.41, 5.74) is -1.00. The van der Waals surface area contributed by atoms with Gasteiger partial charge in [0.1, 0.15) is 17.5 Å².